The van der Waals surface area contributed by atoms with Crippen LogP contribution >= 0.6 is 11.6 Å². The molecule has 4 nitrogen and oxygen atoms in total. The summed E-state index contributed by atoms with van der Waals surface area (Å²) in [4.78, 5) is 0. The van der Waals surface area contributed by atoms with Crippen LogP contribution in [0.4, 0.5) is 0 Å². The van der Waals surface area contributed by atoms with Gasteiger partial charge < -0.3 is 4.74 Å². The second-order valence-corrected chi connectivity index (χ2v) is 8.35. The molecule has 1 saturated heterocycles. The van der Waals surface area contributed by atoms with Gasteiger partial charge in [-0.1, -0.05) is 54.1 Å². The van der Waals surface area contributed by atoms with Gasteiger partial charge in [-0.15, -0.1) is 0 Å². The first-order chi connectivity index (χ1) is 11.5. The monoisotopic (exact) mass is 365 g/mol. The van der Waals surface area contributed by atoms with Crippen molar-refractivity contribution in [3.63, 3.8) is 0 Å². The lowest BCUT2D eigenvalue weighted by molar-refractivity contribution is -0.00252. The molecule has 6 heteroatoms. The van der Waals surface area contributed by atoms with E-state index in [9.17, 15) is 8.42 Å². The number of benzene rings is 2. The summed E-state index contributed by atoms with van der Waals surface area (Å²) in [5.74, 6) is 0.110. The van der Waals surface area contributed by atoms with Crippen LogP contribution in [0.2, 0.25) is 5.02 Å². The zero-order valence-corrected chi connectivity index (χ0v) is 14.8. The summed E-state index contributed by atoms with van der Waals surface area (Å²) >= 11 is 6.02. The summed E-state index contributed by atoms with van der Waals surface area (Å²) in [6, 6.07) is 17.1. The number of aryl methyl sites for hydroxylation is 1. The molecule has 1 atom stereocenters. The van der Waals surface area contributed by atoms with E-state index in [4.69, 9.17) is 16.3 Å². The Labute approximate surface area is 148 Å². The fourth-order valence-electron chi connectivity index (χ4n) is 2.81. The number of ether oxygens (including phenoxy) is 1. The molecule has 0 amide bonds. The molecule has 0 spiro atoms. The van der Waals surface area contributed by atoms with Crippen molar-refractivity contribution in [2.75, 3.05) is 25.4 Å². The Morgan fingerprint density at radius 1 is 1.12 bits per heavy atom. The third kappa shape index (κ3) is 4.36. The molecule has 0 aromatic heterocycles. The molecule has 1 unspecified atom stereocenters. The van der Waals surface area contributed by atoms with Gasteiger partial charge in [0.05, 0.1) is 18.5 Å². The van der Waals surface area contributed by atoms with Crippen LogP contribution in [-0.4, -0.2) is 38.2 Å². The van der Waals surface area contributed by atoms with Gasteiger partial charge in [-0.2, -0.15) is 4.31 Å². The Hall–Kier alpha value is -1.40. The van der Waals surface area contributed by atoms with E-state index in [2.05, 4.69) is 0 Å². The van der Waals surface area contributed by atoms with E-state index in [1.807, 2.05) is 48.5 Å². The van der Waals surface area contributed by atoms with E-state index < -0.39 is 10.0 Å². The predicted octanol–water partition coefficient (Wildman–Crippen LogP) is 3.29. The number of nitrogens with zero attached hydrogens (tertiary/aromatic N) is 1. The van der Waals surface area contributed by atoms with E-state index >= 15 is 0 Å². The first-order valence-corrected chi connectivity index (χ1v) is 9.92. The number of hydrogen-bond acceptors (Lipinski definition) is 3. The van der Waals surface area contributed by atoms with Gasteiger partial charge in [0.1, 0.15) is 0 Å². The number of halogens is 1. The Kier molecular flexibility index (Phi) is 5.56. The number of hydrogen-bond donors (Lipinski definition) is 0. The molecule has 1 fully saturated rings. The van der Waals surface area contributed by atoms with Gasteiger partial charge >= 0.3 is 0 Å². The average Bonchev–Trinajstić information content (AvgIpc) is 2.61. The maximum absolute atomic E-state index is 12.6. The first kappa shape index (κ1) is 17.4. The molecule has 0 saturated carbocycles. The van der Waals surface area contributed by atoms with Gasteiger partial charge in [-0.3, -0.25) is 0 Å². The van der Waals surface area contributed by atoms with Gasteiger partial charge in [0.25, 0.3) is 0 Å². The molecule has 24 heavy (non-hydrogen) atoms. The molecule has 128 valence electrons. The summed E-state index contributed by atoms with van der Waals surface area (Å²) in [6.07, 6.45) is 0.242. The summed E-state index contributed by atoms with van der Waals surface area (Å²) in [5.41, 5.74) is 1.94. The van der Waals surface area contributed by atoms with Crippen LogP contribution in [0.3, 0.4) is 0 Å². The van der Waals surface area contributed by atoms with E-state index in [1.165, 1.54) is 4.31 Å². The topological polar surface area (TPSA) is 46.6 Å². The standard InChI is InChI=1S/C18H20ClNO3S/c19-17-8-4-7-16(13-17)18-14-20(10-11-23-18)24(21,22)12-9-15-5-2-1-3-6-15/h1-8,13,18H,9-12,14H2. The lowest BCUT2D eigenvalue weighted by Crippen LogP contribution is -2.43. The Morgan fingerprint density at radius 3 is 2.67 bits per heavy atom. The van der Waals surface area contributed by atoms with Crippen molar-refractivity contribution >= 4 is 21.6 Å². The Morgan fingerprint density at radius 2 is 1.92 bits per heavy atom. The molecule has 3 rings (SSSR count). The first-order valence-electron chi connectivity index (χ1n) is 7.93. The van der Waals surface area contributed by atoms with Crippen molar-refractivity contribution in [1.82, 2.24) is 4.31 Å². The van der Waals surface area contributed by atoms with Crippen LogP contribution in [0.1, 0.15) is 17.2 Å². The molecule has 0 bridgehead atoms. The Balaban J connectivity index is 1.67. The smallest absolute Gasteiger partial charge is 0.214 e. The predicted molar refractivity (Wildman–Crippen MR) is 95.7 cm³/mol. The third-order valence-corrected chi connectivity index (χ3v) is 6.21. The van der Waals surface area contributed by atoms with E-state index in [1.54, 1.807) is 6.07 Å². The van der Waals surface area contributed by atoms with E-state index in [0.29, 0.717) is 31.1 Å². The quantitative estimate of drug-likeness (QED) is 0.816. The van der Waals surface area contributed by atoms with Crippen LogP contribution in [0.25, 0.3) is 0 Å². The van der Waals surface area contributed by atoms with Gasteiger partial charge in [-0.25, -0.2) is 8.42 Å². The maximum Gasteiger partial charge on any atom is 0.214 e. The highest BCUT2D eigenvalue weighted by Gasteiger charge is 2.30. The third-order valence-electron chi connectivity index (χ3n) is 4.13. The highest BCUT2D eigenvalue weighted by Crippen LogP contribution is 2.26. The zero-order chi connectivity index (χ0) is 17.0. The molecule has 2 aromatic carbocycles. The maximum atomic E-state index is 12.6. The number of rotatable bonds is 5. The van der Waals surface area contributed by atoms with Crippen molar-refractivity contribution in [3.8, 4) is 0 Å². The van der Waals surface area contributed by atoms with Gasteiger partial charge in [0, 0.05) is 18.1 Å². The number of morpholine rings is 1. The summed E-state index contributed by atoms with van der Waals surface area (Å²) < 4.78 is 32.6. The van der Waals surface area contributed by atoms with Crippen LogP contribution in [0.15, 0.2) is 54.6 Å². The molecule has 0 radical (unpaired) electrons. The van der Waals surface area contributed by atoms with Crippen molar-refractivity contribution in [2.45, 2.75) is 12.5 Å². The summed E-state index contributed by atoms with van der Waals surface area (Å²) in [5, 5.41) is 0.625. The fourth-order valence-corrected chi connectivity index (χ4v) is 4.47. The van der Waals surface area contributed by atoms with Crippen molar-refractivity contribution in [1.29, 1.82) is 0 Å². The van der Waals surface area contributed by atoms with Gasteiger partial charge in [0.15, 0.2) is 0 Å². The van der Waals surface area contributed by atoms with Crippen molar-refractivity contribution in [2.24, 2.45) is 0 Å². The molecular weight excluding hydrogens is 346 g/mol. The molecular formula is C18H20ClNO3S. The van der Waals surface area contributed by atoms with Crippen molar-refractivity contribution in [3.05, 3.63) is 70.7 Å². The molecule has 2 aromatic rings. The highest BCUT2D eigenvalue weighted by atomic mass is 35.5. The summed E-state index contributed by atoms with van der Waals surface area (Å²) in [7, 11) is -3.31. The minimum atomic E-state index is -3.31. The second-order valence-electron chi connectivity index (χ2n) is 5.82. The molecule has 0 N–H and O–H groups in total. The lowest BCUT2D eigenvalue weighted by atomic mass is 10.1. The van der Waals surface area contributed by atoms with Crippen LogP contribution in [0.5, 0.6) is 0 Å². The molecule has 1 aliphatic heterocycles. The number of sulfonamides is 1. The van der Waals surface area contributed by atoms with Crippen molar-refractivity contribution < 1.29 is 13.2 Å². The highest BCUT2D eigenvalue weighted by molar-refractivity contribution is 7.89. The van der Waals surface area contributed by atoms with E-state index in [-0.39, 0.29) is 11.9 Å². The van der Waals surface area contributed by atoms with Gasteiger partial charge in [-0.05, 0) is 29.7 Å². The second kappa shape index (κ2) is 7.66. The van der Waals surface area contributed by atoms with Crippen LogP contribution in [-0.2, 0) is 21.2 Å². The SMILES string of the molecule is O=S(=O)(CCc1ccccc1)N1CCOC(c2cccc(Cl)c2)C1. The molecule has 0 aliphatic carbocycles. The normalized spacial score (nSPS) is 19.3. The zero-order valence-electron chi connectivity index (χ0n) is 13.3. The van der Waals surface area contributed by atoms with Crippen LogP contribution < -0.4 is 0 Å². The fraction of sp³-hybridized carbons (Fsp3) is 0.333. The average molecular weight is 366 g/mol. The lowest BCUT2D eigenvalue weighted by Gasteiger charge is -2.32. The van der Waals surface area contributed by atoms with Crippen LogP contribution in [0, 0.1) is 0 Å². The van der Waals surface area contributed by atoms with E-state index in [0.717, 1.165) is 11.1 Å². The van der Waals surface area contributed by atoms with Gasteiger partial charge in [0.2, 0.25) is 10.0 Å². The minimum absolute atomic E-state index is 0.110. The molecule has 1 heterocycles. The summed E-state index contributed by atoms with van der Waals surface area (Å²) in [6.45, 7) is 1.12. The molecule has 1 aliphatic rings. The minimum Gasteiger partial charge on any atom is -0.371 e. The largest absolute Gasteiger partial charge is 0.371 e. The Bertz CT molecular complexity index is 780.